The fourth-order valence-electron chi connectivity index (χ4n) is 9.24. The quantitative estimate of drug-likeness (QED) is 0.158. The summed E-state index contributed by atoms with van der Waals surface area (Å²) < 4.78 is 2.34. The first-order chi connectivity index (χ1) is 30.2. The minimum atomic E-state index is 0.695. The van der Waals surface area contributed by atoms with E-state index < -0.39 is 0 Å². The van der Waals surface area contributed by atoms with Gasteiger partial charge in [-0.15, -0.1) is 0 Å². The first-order valence-corrected chi connectivity index (χ1v) is 20.7. The van der Waals surface area contributed by atoms with E-state index in [4.69, 9.17) is 9.97 Å². The molecule has 61 heavy (non-hydrogen) atoms. The first kappa shape index (κ1) is 34.8. The summed E-state index contributed by atoms with van der Waals surface area (Å²) in [6, 6.07) is 73.6. The molecule has 0 aliphatic heterocycles. The second kappa shape index (κ2) is 14.3. The Morgan fingerprint density at radius 1 is 0.328 bits per heavy atom. The molecule has 3 heterocycles. The van der Waals surface area contributed by atoms with Crippen LogP contribution < -0.4 is 0 Å². The van der Waals surface area contributed by atoms with Crippen LogP contribution in [0.2, 0.25) is 0 Å². The maximum absolute atomic E-state index is 5.20. The Balaban J connectivity index is 1.00. The number of aromatic nitrogens is 4. The van der Waals surface area contributed by atoms with Gasteiger partial charge in [-0.3, -0.25) is 4.98 Å². The summed E-state index contributed by atoms with van der Waals surface area (Å²) in [5.74, 6) is 0.695. The maximum Gasteiger partial charge on any atom is 0.160 e. The molecule has 0 saturated heterocycles. The Hall–Kier alpha value is -8.21. The highest BCUT2D eigenvalue weighted by molar-refractivity contribution is 6.22. The summed E-state index contributed by atoms with van der Waals surface area (Å²) in [4.78, 5) is 14.9. The molecule has 3 aromatic heterocycles. The molecule has 12 rings (SSSR count). The Kier molecular flexibility index (Phi) is 8.13. The van der Waals surface area contributed by atoms with Crippen LogP contribution in [0.1, 0.15) is 0 Å². The molecule has 0 N–H and O–H groups in total. The fourth-order valence-corrected chi connectivity index (χ4v) is 9.24. The Morgan fingerprint density at radius 3 is 1.57 bits per heavy atom. The van der Waals surface area contributed by atoms with Crippen molar-refractivity contribution in [2.45, 2.75) is 0 Å². The molecule has 0 atom stereocenters. The van der Waals surface area contributed by atoms with E-state index in [9.17, 15) is 0 Å². The lowest BCUT2D eigenvalue weighted by Gasteiger charge is -2.18. The van der Waals surface area contributed by atoms with Crippen LogP contribution in [0, 0.1) is 0 Å². The second-order valence-corrected chi connectivity index (χ2v) is 15.6. The summed E-state index contributed by atoms with van der Waals surface area (Å²) in [6.07, 6.45) is 3.88. The molecule has 0 fully saturated rings. The molecule has 0 aliphatic rings. The normalized spacial score (nSPS) is 11.6. The topological polar surface area (TPSA) is 43.6 Å². The van der Waals surface area contributed by atoms with Crippen molar-refractivity contribution in [1.82, 2.24) is 19.5 Å². The third-order valence-corrected chi connectivity index (χ3v) is 12.1. The highest BCUT2D eigenvalue weighted by atomic mass is 15.0. The van der Waals surface area contributed by atoms with E-state index in [1.54, 1.807) is 0 Å². The smallest absolute Gasteiger partial charge is 0.160 e. The molecule has 0 radical (unpaired) electrons. The molecule has 0 amide bonds. The lowest BCUT2D eigenvalue weighted by Crippen LogP contribution is -1.96. The number of pyridine rings is 1. The van der Waals surface area contributed by atoms with E-state index >= 15 is 0 Å². The molecule has 284 valence electrons. The van der Waals surface area contributed by atoms with Crippen molar-refractivity contribution < 1.29 is 0 Å². The van der Waals surface area contributed by atoms with Crippen LogP contribution in [0.5, 0.6) is 0 Å². The van der Waals surface area contributed by atoms with Crippen molar-refractivity contribution in [1.29, 1.82) is 0 Å². The number of nitrogens with zero attached hydrogens (tertiary/aromatic N) is 4. The van der Waals surface area contributed by atoms with Gasteiger partial charge in [-0.2, -0.15) is 0 Å². The number of fused-ring (bicyclic) bond motifs is 6. The van der Waals surface area contributed by atoms with Crippen LogP contribution in [0.3, 0.4) is 0 Å². The lowest BCUT2D eigenvalue weighted by atomic mass is 9.85. The highest BCUT2D eigenvalue weighted by Crippen LogP contribution is 2.45. The Bertz CT molecular complexity index is 3570. The number of rotatable bonds is 6. The van der Waals surface area contributed by atoms with E-state index in [1.807, 2.05) is 18.5 Å². The van der Waals surface area contributed by atoms with Gasteiger partial charge in [0.2, 0.25) is 0 Å². The summed E-state index contributed by atoms with van der Waals surface area (Å²) in [7, 11) is 0. The SMILES string of the molecule is c1ccc(-c2cc(-c3ccc4ccccc4c3)nc(-c3ccc(-c4c5ccccc5c(-c5ccc6c(c5)c5cnccc5n6-c5ccccc5)c5ccccc45)cc3)n2)cc1. The van der Waals surface area contributed by atoms with Gasteiger partial charge >= 0.3 is 0 Å². The zero-order valence-corrected chi connectivity index (χ0v) is 33.1. The lowest BCUT2D eigenvalue weighted by molar-refractivity contribution is 1.17. The molecule has 0 unspecified atom stereocenters. The van der Waals surface area contributed by atoms with Gasteiger partial charge in [0.25, 0.3) is 0 Å². The second-order valence-electron chi connectivity index (χ2n) is 15.6. The van der Waals surface area contributed by atoms with Crippen LogP contribution in [0.25, 0.3) is 116 Å². The molecule has 4 nitrogen and oxygen atoms in total. The maximum atomic E-state index is 5.20. The number of benzene rings is 9. The molecule has 0 saturated carbocycles. The van der Waals surface area contributed by atoms with Crippen LogP contribution in [0.15, 0.2) is 219 Å². The minimum absolute atomic E-state index is 0.695. The molecule has 0 spiro atoms. The van der Waals surface area contributed by atoms with Crippen molar-refractivity contribution in [3.63, 3.8) is 0 Å². The van der Waals surface area contributed by atoms with Gasteiger partial charge in [0.05, 0.1) is 22.4 Å². The monoisotopic (exact) mass is 776 g/mol. The predicted molar refractivity (Wildman–Crippen MR) is 254 cm³/mol. The third kappa shape index (κ3) is 5.88. The van der Waals surface area contributed by atoms with Gasteiger partial charge in [-0.25, -0.2) is 9.97 Å². The van der Waals surface area contributed by atoms with E-state index in [0.717, 1.165) is 55.7 Å². The average Bonchev–Trinajstić information content (AvgIpc) is 3.67. The standard InChI is InChI=1S/C57H36N4/c1-3-14-38(15-4-1)51-35-52(42-28-23-37-13-7-8-16-41(37)33-42)60-57(59-51)40-26-24-39(25-27-40)55-45-19-9-11-21-47(45)56(48-22-12-10-20-46(48)55)43-29-30-53-49(34-43)50-36-58-32-31-54(50)61(53)44-17-5-2-6-18-44/h1-36H. The molecule has 0 aliphatic carbocycles. The minimum Gasteiger partial charge on any atom is -0.309 e. The van der Waals surface area contributed by atoms with Gasteiger partial charge in [-0.1, -0.05) is 164 Å². The Morgan fingerprint density at radius 2 is 0.869 bits per heavy atom. The van der Waals surface area contributed by atoms with Crippen molar-refractivity contribution >= 4 is 54.1 Å². The molecule has 12 aromatic rings. The summed E-state index contributed by atoms with van der Waals surface area (Å²) in [5.41, 5.74) is 13.1. The molecule has 9 aromatic carbocycles. The summed E-state index contributed by atoms with van der Waals surface area (Å²) >= 11 is 0. The van der Waals surface area contributed by atoms with Crippen molar-refractivity contribution in [3.8, 4) is 61.8 Å². The summed E-state index contributed by atoms with van der Waals surface area (Å²) in [6.45, 7) is 0. The summed E-state index contributed by atoms with van der Waals surface area (Å²) in [5, 5.41) is 9.54. The number of para-hydroxylation sites is 1. The molecule has 0 bridgehead atoms. The van der Waals surface area contributed by atoms with Gasteiger partial charge in [-0.05, 0) is 97.0 Å². The fraction of sp³-hybridized carbons (Fsp3) is 0. The van der Waals surface area contributed by atoms with E-state index in [-0.39, 0.29) is 0 Å². The first-order valence-electron chi connectivity index (χ1n) is 20.7. The van der Waals surface area contributed by atoms with Gasteiger partial charge in [0.15, 0.2) is 5.82 Å². The average molecular weight is 777 g/mol. The van der Waals surface area contributed by atoms with E-state index in [2.05, 4.69) is 210 Å². The van der Waals surface area contributed by atoms with Crippen LogP contribution in [-0.2, 0) is 0 Å². The molecular formula is C57H36N4. The van der Waals surface area contributed by atoms with E-state index in [1.165, 1.54) is 54.4 Å². The van der Waals surface area contributed by atoms with Crippen molar-refractivity contribution in [2.24, 2.45) is 0 Å². The van der Waals surface area contributed by atoms with Crippen LogP contribution in [0.4, 0.5) is 0 Å². The molecule has 4 heteroatoms. The van der Waals surface area contributed by atoms with Gasteiger partial charge < -0.3 is 4.57 Å². The van der Waals surface area contributed by atoms with E-state index in [0.29, 0.717) is 5.82 Å². The van der Waals surface area contributed by atoms with Gasteiger partial charge in [0.1, 0.15) is 0 Å². The molecular weight excluding hydrogens is 741 g/mol. The highest BCUT2D eigenvalue weighted by Gasteiger charge is 2.20. The largest absolute Gasteiger partial charge is 0.309 e. The third-order valence-electron chi connectivity index (χ3n) is 12.1. The zero-order valence-electron chi connectivity index (χ0n) is 33.1. The predicted octanol–water partition coefficient (Wildman–Crippen LogP) is 14.8. The van der Waals surface area contributed by atoms with Crippen LogP contribution >= 0.6 is 0 Å². The zero-order chi connectivity index (χ0) is 40.3. The van der Waals surface area contributed by atoms with Crippen LogP contribution in [-0.4, -0.2) is 19.5 Å². The van der Waals surface area contributed by atoms with Gasteiger partial charge in [0, 0.05) is 45.5 Å². The van der Waals surface area contributed by atoms with Crippen molar-refractivity contribution in [3.05, 3.63) is 219 Å². The number of hydrogen-bond donors (Lipinski definition) is 0. The Labute approximate surface area is 352 Å². The number of hydrogen-bond acceptors (Lipinski definition) is 3. The van der Waals surface area contributed by atoms with Crippen molar-refractivity contribution in [2.75, 3.05) is 0 Å².